The molecule has 0 fully saturated rings. The summed E-state index contributed by atoms with van der Waals surface area (Å²) in [5.74, 6) is -4.11. The first-order chi connectivity index (χ1) is 18.2. The smallest absolute Gasteiger partial charge is 0.243 e. The molecule has 0 aliphatic heterocycles. The second kappa shape index (κ2) is 13.3. The quantitative estimate of drug-likeness (QED) is 0.212. The van der Waals surface area contributed by atoms with Crippen LogP contribution in [0.3, 0.4) is 0 Å². The number of anilines is 1. The van der Waals surface area contributed by atoms with Crippen LogP contribution >= 0.6 is 0 Å². The standard InChI is InChI=1S/C29H25NO8/c31-17-24(34)18-38-25-13-7-21(8-14-25)30-29(37)28(26(35)15-5-19-1-9-22(32)10-2-19)27(36)16-6-20-3-11-23(33)12-4-20/h1-16,28,31-33H,17-18H2,(H,30,37). The van der Waals surface area contributed by atoms with Gasteiger partial charge in [0.25, 0.3) is 0 Å². The van der Waals surface area contributed by atoms with E-state index < -0.39 is 35.8 Å². The van der Waals surface area contributed by atoms with Gasteiger partial charge in [-0.05, 0) is 71.8 Å². The lowest BCUT2D eigenvalue weighted by Gasteiger charge is -2.13. The fourth-order valence-corrected chi connectivity index (χ4v) is 3.18. The summed E-state index contributed by atoms with van der Waals surface area (Å²) in [4.78, 5) is 50.2. The van der Waals surface area contributed by atoms with E-state index in [2.05, 4.69) is 5.32 Å². The molecule has 4 N–H and O–H groups in total. The Balaban J connectivity index is 1.78. The maximum absolute atomic E-state index is 13.1. The third kappa shape index (κ3) is 8.28. The highest BCUT2D eigenvalue weighted by molar-refractivity contribution is 6.28. The molecule has 0 aliphatic rings. The van der Waals surface area contributed by atoms with Crippen LogP contribution in [0.4, 0.5) is 5.69 Å². The number of amides is 1. The normalized spacial score (nSPS) is 11.8. The number of Topliss-reactive ketones (excluding diaryl/α,β-unsaturated/α-hetero) is 1. The number of phenols is 2. The molecule has 0 atom stereocenters. The number of ketones is 3. The van der Waals surface area contributed by atoms with Crippen molar-refractivity contribution in [2.75, 3.05) is 18.5 Å². The number of hydrogen-bond acceptors (Lipinski definition) is 8. The van der Waals surface area contributed by atoms with E-state index in [9.17, 15) is 29.4 Å². The number of rotatable bonds is 12. The van der Waals surface area contributed by atoms with E-state index >= 15 is 0 Å². The van der Waals surface area contributed by atoms with E-state index in [1.54, 1.807) is 24.3 Å². The summed E-state index contributed by atoms with van der Waals surface area (Å²) >= 11 is 0. The highest BCUT2D eigenvalue weighted by Crippen LogP contribution is 2.18. The average molecular weight is 516 g/mol. The SMILES string of the molecule is O=C(CO)COc1ccc(NC(=O)C(C(=O)C=Cc2ccc(O)cc2)C(=O)C=Cc2ccc(O)cc2)cc1. The van der Waals surface area contributed by atoms with Gasteiger partial charge in [-0.2, -0.15) is 0 Å². The van der Waals surface area contributed by atoms with Crippen LogP contribution in [0.1, 0.15) is 11.1 Å². The van der Waals surface area contributed by atoms with Gasteiger partial charge < -0.3 is 25.4 Å². The Bertz CT molecular complexity index is 1270. The second-order valence-corrected chi connectivity index (χ2v) is 8.09. The molecule has 0 aromatic heterocycles. The summed E-state index contributed by atoms with van der Waals surface area (Å²) < 4.78 is 5.23. The maximum Gasteiger partial charge on any atom is 0.243 e. The molecule has 3 aromatic rings. The fraction of sp³-hybridized carbons (Fsp3) is 0.103. The van der Waals surface area contributed by atoms with Crippen molar-refractivity contribution in [3.05, 3.63) is 96.1 Å². The summed E-state index contributed by atoms with van der Waals surface area (Å²) in [7, 11) is 0. The highest BCUT2D eigenvalue weighted by Gasteiger charge is 2.31. The van der Waals surface area contributed by atoms with Crippen molar-refractivity contribution in [2.45, 2.75) is 0 Å². The summed E-state index contributed by atoms with van der Waals surface area (Å²) in [5, 5.41) is 30.1. The molecule has 0 saturated heterocycles. The molecule has 0 spiro atoms. The average Bonchev–Trinajstić information content (AvgIpc) is 2.92. The lowest BCUT2D eigenvalue weighted by molar-refractivity contribution is -0.134. The van der Waals surface area contributed by atoms with Crippen molar-refractivity contribution in [2.24, 2.45) is 5.92 Å². The molecular formula is C29H25NO8. The van der Waals surface area contributed by atoms with Crippen LogP contribution in [-0.2, 0) is 19.2 Å². The summed E-state index contributed by atoms with van der Waals surface area (Å²) in [6, 6.07) is 17.9. The molecule has 0 bridgehead atoms. The van der Waals surface area contributed by atoms with Crippen LogP contribution < -0.4 is 10.1 Å². The Morgan fingerprint density at radius 3 is 1.66 bits per heavy atom. The van der Waals surface area contributed by atoms with Gasteiger partial charge >= 0.3 is 0 Å². The van der Waals surface area contributed by atoms with Crippen LogP contribution in [0.15, 0.2) is 84.9 Å². The van der Waals surface area contributed by atoms with Crippen molar-refractivity contribution in [3.63, 3.8) is 0 Å². The van der Waals surface area contributed by atoms with Gasteiger partial charge in [-0.3, -0.25) is 19.2 Å². The Morgan fingerprint density at radius 2 is 1.21 bits per heavy atom. The molecule has 1 amide bonds. The van der Waals surface area contributed by atoms with Gasteiger partial charge in [-0.1, -0.05) is 36.4 Å². The minimum atomic E-state index is -1.69. The zero-order valence-electron chi connectivity index (χ0n) is 20.1. The molecule has 0 aliphatic carbocycles. The topological polar surface area (TPSA) is 150 Å². The number of benzene rings is 3. The number of hydrogen-bond donors (Lipinski definition) is 4. The molecule has 0 radical (unpaired) electrons. The first kappa shape index (κ1) is 27.6. The number of carbonyl (C=O) groups is 4. The number of allylic oxidation sites excluding steroid dienone is 2. The summed E-state index contributed by atoms with van der Waals surface area (Å²) in [5.41, 5.74) is 1.45. The van der Waals surface area contributed by atoms with Gasteiger partial charge in [0.1, 0.15) is 30.5 Å². The second-order valence-electron chi connectivity index (χ2n) is 8.09. The molecule has 3 aromatic carbocycles. The Kier molecular flexibility index (Phi) is 9.67. The summed E-state index contributed by atoms with van der Waals surface area (Å²) in [6.45, 7) is -0.950. The van der Waals surface area contributed by atoms with Crippen LogP contribution in [0, 0.1) is 5.92 Å². The van der Waals surface area contributed by atoms with Crippen molar-refractivity contribution >= 4 is 41.1 Å². The largest absolute Gasteiger partial charge is 0.508 e. The van der Waals surface area contributed by atoms with Crippen molar-refractivity contribution in [1.82, 2.24) is 0 Å². The zero-order chi connectivity index (χ0) is 27.5. The van der Waals surface area contributed by atoms with Crippen molar-refractivity contribution in [3.8, 4) is 17.2 Å². The Labute approximate surface area is 218 Å². The van der Waals surface area contributed by atoms with E-state index in [1.807, 2.05) is 0 Å². The number of aromatic hydroxyl groups is 2. The third-order valence-electron chi connectivity index (χ3n) is 5.20. The minimum absolute atomic E-state index is 0.0525. The fourth-order valence-electron chi connectivity index (χ4n) is 3.18. The van der Waals surface area contributed by atoms with Gasteiger partial charge in [-0.25, -0.2) is 0 Å². The van der Waals surface area contributed by atoms with Gasteiger partial charge in [0.15, 0.2) is 23.3 Å². The number of aliphatic hydroxyl groups excluding tert-OH is 1. The predicted octanol–water partition coefficient (Wildman–Crippen LogP) is 3.16. The summed E-state index contributed by atoms with van der Waals surface area (Å²) in [6.07, 6.45) is 5.10. The highest BCUT2D eigenvalue weighted by atomic mass is 16.5. The van der Waals surface area contributed by atoms with Gasteiger partial charge in [0, 0.05) is 5.69 Å². The molecule has 0 heterocycles. The van der Waals surface area contributed by atoms with Crippen LogP contribution in [0.5, 0.6) is 17.2 Å². The van der Waals surface area contributed by atoms with Gasteiger partial charge in [0.05, 0.1) is 0 Å². The van der Waals surface area contributed by atoms with Gasteiger partial charge in [-0.15, -0.1) is 0 Å². The minimum Gasteiger partial charge on any atom is -0.508 e. The van der Waals surface area contributed by atoms with Crippen molar-refractivity contribution < 1.29 is 39.2 Å². The van der Waals surface area contributed by atoms with E-state index in [1.165, 1.54) is 60.7 Å². The Morgan fingerprint density at radius 1 is 0.737 bits per heavy atom. The van der Waals surface area contributed by atoms with Crippen LogP contribution in [0.2, 0.25) is 0 Å². The maximum atomic E-state index is 13.1. The monoisotopic (exact) mass is 515 g/mol. The lowest BCUT2D eigenvalue weighted by Crippen LogP contribution is -2.34. The molecule has 194 valence electrons. The number of carbonyl (C=O) groups excluding carboxylic acids is 4. The molecule has 3 rings (SSSR count). The van der Waals surface area contributed by atoms with E-state index in [0.29, 0.717) is 16.9 Å². The number of aliphatic hydroxyl groups is 1. The first-order valence-corrected chi connectivity index (χ1v) is 11.4. The number of nitrogens with one attached hydrogen (secondary N) is 1. The molecule has 0 unspecified atom stereocenters. The van der Waals surface area contributed by atoms with Crippen LogP contribution in [-0.4, -0.2) is 51.8 Å². The lowest BCUT2D eigenvalue weighted by atomic mass is 9.95. The van der Waals surface area contributed by atoms with E-state index in [-0.39, 0.29) is 23.8 Å². The molecule has 9 heteroatoms. The number of phenolic OH excluding ortho intramolecular Hbond substituents is 2. The third-order valence-corrected chi connectivity index (χ3v) is 5.20. The Hall–Kier alpha value is -5.02. The predicted molar refractivity (Wildman–Crippen MR) is 140 cm³/mol. The molecule has 0 saturated carbocycles. The number of ether oxygens (including phenoxy) is 1. The molecule has 38 heavy (non-hydrogen) atoms. The zero-order valence-corrected chi connectivity index (χ0v) is 20.1. The molecule has 9 nitrogen and oxygen atoms in total. The van der Waals surface area contributed by atoms with Crippen molar-refractivity contribution in [1.29, 1.82) is 0 Å². The van der Waals surface area contributed by atoms with E-state index in [0.717, 1.165) is 12.2 Å². The van der Waals surface area contributed by atoms with E-state index in [4.69, 9.17) is 9.84 Å². The van der Waals surface area contributed by atoms with Crippen LogP contribution in [0.25, 0.3) is 12.2 Å². The molecular weight excluding hydrogens is 490 g/mol. The van der Waals surface area contributed by atoms with Gasteiger partial charge in [0.2, 0.25) is 5.91 Å². The first-order valence-electron chi connectivity index (χ1n) is 11.4.